The van der Waals surface area contributed by atoms with Crippen molar-refractivity contribution < 1.29 is 8.78 Å². The van der Waals surface area contributed by atoms with E-state index < -0.39 is 17.5 Å². The quantitative estimate of drug-likeness (QED) is 0.384. The first-order valence-corrected chi connectivity index (χ1v) is 4.12. The van der Waals surface area contributed by atoms with Crippen molar-refractivity contribution in [1.29, 1.82) is 0 Å². The molecule has 2 N–H and O–H groups in total. The smallest absolute Gasteiger partial charge is 0.263 e. The highest BCUT2D eigenvalue weighted by molar-refractivity contribution is 5.04. The van der Waals surface area contributed by atoms with E-state index in [1.54, 1.807) is 0 Å². The van der Waals surface area contributed by atoms with Gasteiger partial charge < -0.3 is 5.73 Å². The molecule has 2 atom stereocenters. The van der Waals surface area contributed by atoms with E-state index in [1.165, 1.54) is 6.92 Å². The van der Waals surface area contributed by atoms with Crippen LogP contribution in [0.3, 0.4) is 0 Å². The van der Waals surface area contributed by atoms with Crippen molar-refractivity contribution in [2.24, 2.45) is 10.8 Å². The van der Waals surface area contributed by atoms with Gasteiger partial charge in [0.25, 0.3) is 5.92 Å². The summed E-state index contributed by atoms with van der Waals surface area (Å²) >= 11 is 0. The molecular formula is C7H12F2N4. The molecule has 4 nitrogen and oxygen atoms in total. The van der Waals surface area contributed by atoms with Crippen molar-refractivity contribution >= 4 is 0 Å². The van der Waals surface area contributed by atoms with Crippen LogP contribution in [0.15, 0.2) is 5.11 Å². The molecule has 0 aromatic rings. The number of hydrogen-bond acceptors (Lipinski definition) is 2. The van der Waals surface area contributed by atoms with E-state index in [-0.39, 0.29) is 6.42 Å². The monoisotopic (exact) mass is 190 g/mol. The molecule has 1 saturated carbocycles. The maximum Gasteiger partial charge on any atom is 0.263 e. The van der Waals surface area contributed by atoms with E-state index in [2.05, 4.69) is 10.0 Å². The van der Waals surface area contributed by atoms with Gasteiger partial charge in [-0.2, -0.15) is 0 Å². The largest absolute Gasteiger partial charge is 0.322 e. The molecule has 0 amide bonds. The summed E-state index contributed by atoms with van der Waals surface area (Å²) in [5.41, 5.74) is 12.4. The Kier molecular flexibility index (Phi) is 2.45. The van der Waals surface area contributed by atoms with Gasteiger partial charge in [0.1, 0.15) is 0 Å². The van der Waals surface area contributed by atoms with Gasteiger partial charge in [0, 0.05) is 11.3 Å². The molecule has 13 heavy (non-hydrogen) atoms. The van der Waals surface area contributed by atoms with Gasteiger partial charge in [-0.25, -0.2) is 8.78 Å². The van der Waals surface area contributed by atoms with Crippen molar-refractivity contribution in [2.45, 2.75) is 43.7 Å². The lowest BCUT2D eigenvalue weighted by Gasteiger charge is -2.40. The molecule has 0 saturated heterocycles. The number of nitrogens with zero attached hydrogens (tertiary/aromatic N) is 3. The van der Waals surface area contributed by atoms with Gasteiger partial charge in [-0.05, 0) is 18.4 Å². The van der Waals surface area contributed by atoms with Gasteiger partial charge in [0.2, 0.25) is 0 Å². The van der Waals surface area contributed by atoms with E-state index in [9.17, 15) is 8.78 Å². The van der Waals surface area contributed by atoms with Crippen LogP contribution in [0.1, 0.15) is 26.2 Å². The van der Waals surface area contributed by atoms with Crippen LogP contribution in [0.25, 0.3) is 10.4 Å². The third kappa shape index (κ3) is 1.73. The molecule has 0 bridgehead atoms. The van der Waals surface area contributed by atoms with Crippen LogP contribution in [0, 0.1) is 0 Å². The molecule has 1 aliphatic carbocycles. The Labute approximate surface area is 74.7 Å². The molecular weight excluding hydrogens is 178 g/mol. The van der Waals surface area contributed by atoms with Crippen LogP contribution in [-0.2, 0) is 0 Å². The molecule has 1 aliphatic rings. The number of azide groups is 1. The molecule has 1 fully saturated rings. The van der Waals surface area contributed by atoms with Crippen LogP contribution in [0.4, 0.5) is 8.78 Å². The van der Waals surface area contributed by atoms with E-state index in [0.29, 0.717) is 12.8 Å². The first kappa shape index (κ1) is 10.2. The minimum absolute atomic E-state index is 0.218. The molecule has 0 aromatic heterocycles. The zero-order valence-electron chi connectivity index (χ0n) is 7.37. The van der Waals surface area contributed by atoms with Crippen molar-refractivity contribution in [2.75, 3.05) is 0 Å². The zero-order chi connectivity index (χ0) is 10.1. The summed E-state index contributed by atoms with van der Waals surface area (Å²) in [5, 5.41) is 3.37. The standard InChI is InChI=1S/C7H12F2N4/c1-6(12-13-11)3-2-4-7(8,9)5(6)10/h5H,2-4,10H2,1H3/t5-,6+/m1/s1. The lowest BCUT2D eigenvalue weighted by atomic mass is 9.77. The fourth-order valence-electron chi connectivity index (χ4n) is 1.66. The molecule has 0 unspecified atom stereocenters. The molecule has 6 heteroatoms. The van der Waals surface area contributed by atoms with Gasteiger partial charge in [0.05, 0.1) is 11.6 Å². The van der Waals surface area contributed by atoms with E-state index in [1.807, 2.05) is 0 Å². The van der Waals surface area contributed by atoms with Gasteiger partial charge >= 0.3 is 0 Å². The zero-order valence-corrected chi connectivity index (χ0v) is 7.37. The molecule has 0 aromatic carbocycles. The molecule has 0 heterocycles. The number of hydrogen-bond donors (Lipinski definition) is 1. The van der Waals surface area contributed by atoms with Crippen LogP contribution >= 0.6 is 0 Å². The summed E-state index contributed by atoms with van der Waals surface area (Å²) in [6, 6.07) is -1.37. The first-order valence-electron chi connectivity index (χ1n) is 4.12. The fourth-order valence-corrected chi connectivity index (χ4v) is 1.66. The molecule has 0 radical (unpaired) electrons. The van der Waals surface area contributed by atoms with E-state index in [0.717, 1.165) is 0 Å². The highest BCUT2D eigenvalue weighted by atomic mass is 19.3. The maximum absolute atomic E-state index is 13.1. The number of nitrogens with two attached hydrogens (primary N) is 1. The third-order valence-corrected chi connectivity index (χ3v) is 2.59. The van der Waals surface area contributed by atoms with Gasteiger partial charge in [-0.1, -0.05) is 12.0 Å². The van der Waals surface area contributed by atoms with Gasteiger partial charge in [0.15, 0.2) is 0 Å². The Morgan fingerprint density at radius 2 is 2.15 bits per heavy atom. The SMILES string of the molecule is C[C@]1(N=[N+]=[N-])CCCC(F)(F)[C@@H]1N. The Morgan fingerprint density at radius 1 is 1.54 bits per heavy atom. The fraction of sp³-hybridized carbons (Fsp3) is 1.00. The van der Waals surface area contributed by atoms with Crippen LogP contribution in [0.5, 0.6) is 0 Å². The second-order valence-electron chi connectivity index (χ2n) is 3.64. The summed E-state index contributed by atoms with van der Waals surface area (Å²) in [7, 11) is 0. The summed E-state index contributed by atoms with van der Waals surface area (Å²) in [6.45, 7) is 1.48. The molecule has 0 spiro atoms. The van der Waals surface area contributed by atoms with Crippen LogP contribution in [0.2, 0.25) is 0 Å². The molecule has 0 aliphatic heterocycles. The van der Waals surface area contributed by atoms with Crippen molar-refractivity contribution in [3.63, 3.8) is 0 Å². The van der Waals surface area contributed by atoms with E-state index >= 15 is 0 Å². The van der Waals surface area contributed by atoms with Gasteiger partial charge in [-0.15, -0.1) is 0 Å². The summed E-state index contributed by atoms with van der Waals surface area (Å²) < 4.78 is 26.2. The summed E-state index contributed by atoms with van der Waals surface area (Å²) in [4.78, 5) is 2.56. The topological polar surface area (TPSA) is 74.8 Å². The van der Waals surface area contributed by atoms with Crippen molar-refractivity contribution in [1.82, 2.24) is 0 Å². The predicted molar refractivity (Wildman–Crippen MR) is 44.3 cm³/mol. The number of rotatable bonds is 1. The van der Waals surface area contributed by atoms with Crippen LogP contribution in [-0.4, -0.2) is 17.5 Å². The lowest BCUT2D eigenvalue weighted by Crippen LogP contribution is -2.58. The predicted octanol–water partition coefficient (Wildman–Crippen LogP) is 2.20. The number of alkyl halides is 2. The average molecular weight is 190 g/mol. The number of halogens is 2. The molecule has 74 valence electrons. The van der Waals surface area contributed by atoms with Crippen LogP contribution < -0.4 is 5.73 Å². The average Bonchev–Trinajstić information content (AvgIpc) is 2.01. The highest BCUT2D eigenvalue weighted by Crippen LogP contribution is 2.40. The summed E-state index contributed by atoms with van der Waals surface area (Å²) in [5.74, 6) is -2.92. The highest BCUT2D eigenvalue weighted by Gasteiger charge is 2.50. The normalized spacial score (nSPS) is 38.0. The maximum atomic E-state index is 13.1. The Balaban J connectivity index is 2.93. The lowest BCUT2D eigenvalue weighted by molar-refractivity contribution is -0.0753. The minimum atomic E-state index is -2.92. The van der Waals surface area contributed by atoms with Gasteiger partial charge in [-0.3, -0.25) is 0 Å². The second kappa shape index (κ2) is 3.12. The molecule has 1 rings (SSSR count). The van der Waals surface area contributed by atoms with Crippen molar-refractivity contribution in [3.8, 4) is 0 Å². The van der Waals surface area contributed by atoms with E-state index in [4.69, 9.17) is 11.3 Å². The Hall–Kier alpha value is -0.870. The first-order chi connectivity index (χ1) is 5.92. The minimum Gasteiger partial charge on any atom is -0.322 e. The Bertz CT molecular complexity index is 249. The third-order valence-electron chi connectivity index (χ3n) is 2.59. The Morgan fingerprint density at radius 3 is 2.69 bits per heavy atom. The second-order valence-corrected chi connectivity index (χ2v) is 3.64. The summed E-state index contributed by atoms with van der Waals surface area (Å²) in [6.07, 6.45) is 0.550. The van der Waals surface area contributed by atoms with Crippen molar-refractivity contribution in [3.05, 3.63) is 10.4 Å².